The Morgan fingerprint density at radius 1 is 1.30 bits per heavy atom. The maximum absolute atomic E-state index is 12.1. The highest BCUT2D eigenvalue weighted by molar-refractivity contribution is 8.00. The van der Waals surface area contributed by atoms with Crippen molar-refractivity contribution < 1.29 is 14.3 Å². The monoisotopic (exact) mass is 336 g/mol. The molecule has 1 unspecified atom stereocenters. The van der Waals surface area contributed by atoms with Gasteiger partial charge in [0.05, 0.1) is 5.75 Å². The molecule has 5 nitrogen and oxygen atoms in total. The fourth-order valence-electron chi connectivity index (χ4n) is 2.78. The van der Waals surface area contributed by atoms with E-state index in [2.05, 4.69) is 24.3 Å². The minimum absolute atomic E-state index is 0.0809. The van der Waals surface area contributed by atoms with E-state index in [1.165, 1.54) is 24.6 Å². The van der Waals surface area contributed by atoms with Crippen molar-refractivity contribution in [3.05, 3.63) is 18.2 Å². The molecule has 6 heteroatoms. The van der Waals surface area contributed by atoms with Gasteiger partial charge in [-0.3, -0.25) is 4.79 Å². The molecular formula is C17H24N2O3S. The number of thioether (sulfide) groups is 1. The Bertz CT molecular complexity index is 559. The van der Waals surface area contributed by atoms with Crippen LogP contribution in [-0.4, -0.2) is 56.5 Å². The molecule has 3 rings (SSSR count). The van der Waals surface area contributed by atoms with E-state index in [1.807, 2.05) is 18.2 Å². The second kappa shape index (κ2) is 7.45. The second-order valence-corrected chi connectivity index (χ2v) is 7.32. The Kier molecular flexibility index (Phi) is 5.33. The zero-order valence-corrected chi connectivity index (χ0v) is 14.5. The third-order valence-corrected chi connectivity index (χ3v) is 5.22. The molecule has 1 heterocycles. The number of carbonyl (C=O) groups excluding carboxylic acids is 1. The number of nitrogens with one attached hydrogen (secondary N) is 1. The van der Waals surface area contributed by atoms with Gasteiger partial charge in [-0.2, -0.15) is 0 Å². The number of carbonyl (C=O) groups is 1. The first-order valence-corrected chi connectivity index (χ1v) is 9.07. The number of hydrogen-bond acceptors (Lipinski definition) is 5. The molecule has 1 aromatic carbocycles. The standard InChI is InChI=1S/C17H24N2O3S/c1-19(2)14(12-3-4-12)10-18-17(20)11-23-13-5-6-15-16(9-13)22-8-7-21-15/h5-6,9,12,14H,3-4,7-8,10-11H2,1-2H3,(H,18,20). The zero-order chi connectivity index (χ0) is 16.2. The summed E-state index contributed by atoms with van der Waals surface area (Å²) in [6.07, 6.45) is 2.56. The number of ether oxygens (including phenoxy) is 2. The quantitative estimate of drug-likeness (QED) is 0.772. The van der Waals surface area contributed by atoms with Gasteiger partial charge in [-0.05, 0) is 51.1 Å². The van der Waals surface area contributed by atoms with Crippen molar-refractivity contribution in [2.45, 2.75) is 23.8 Å². The van der Waals surface area contributed by atoms with Crippen LogP contribution in [0.4, 0.5) is 0 Å². The highest BCUT2D eigenvalue weighted by atomic mass is 32.2. The predicted octanol–water partition coefficient (Wildman–Crippen LogP) is 2.01. The van der Waals surface area contributed by atoms with Crippen LogP contribution in [0.3, 0.4) is 0 Å². The van der Waals surface area contributed by atoms with E-state index in [1.54, 1.807) is 0 Å². The molecule has 1 fully saturated rings. The van der Waals surface area contributed by atoms with Crippen LogP contribution in [0.15, 0.2) is 23.1 Å². The fraction of sp³-hybridized carbons (Fsp3) is 0.588. The van der Waals surface area contributed by atoms with Crippen LogP contribution >= 0.6 is 11.8 Å². The molecule has 0 radical (unpaired) electrons. The Balaban J connectivity index is 1.45. The summed E-state index contributed by atoms with van der Waals surface area (Å²) in [6, 6.07) is 6.28. The first kappa shape index (κ1) is 16.5. The lowest BCUT2D eigenvalue weighted by atomic mass is 10.1. The van der Waals surface area contributed by atoms with E-state index in [0.717, 1.165) is 28.9 Å². The van der Waals surface area contributed by atoms with E-state index in [0.29, 0.717) is 25.0 Å². The summed E-state index contributed by atoms with van der Waals surface area (Å²) in [5.74, 6) is 2.80. The van der Waals surface area contributed by atoms with Crippen LogP contribution in [0.25, 0.3) is 0 Å². The molecular weight excluding hydrogens is 312 g/mol. The normalized spacial score (nSPS) is 17.9. The van der Waals surface area contributed by atoms with Crippen molar-refractivity contribution >= 4 is 17.7 Å². The van der Waals surface area contributed by atoms with Crippen molar-refractivity contribution in [3.8, 4) is 11.5 Å². The molecule has 1 amide bonds. The minimum atomic E-state index is 0.0809. The van der Waals surface area contributed by atoms with Crippen LogP contribution in [-0.2, 0) is 4.79 Å². The lowest BCUT2D eigenvalue weighted by molar-refractivity contribution is -0.118. The van der Waals surface area contributed by atoms with Gasteiger partial charge >= 0.3 is 0 Å². The van der Waals surface area contributed by atoms with Crippen LogP contribution in [0.5, 0.6) is 11.5 Å². The van der Waals surface area contributed by atoms with Gasteiger partial charge in [-0.25, -0.2) is 0 Å². The highest BCUT2D eigenvalue weighted by Gasteiger charge is 2.32. The van der Waals surface area contributed by atoms with Crippen molar-refractivity contribution in [2.75, 3.05) is 39.6 Å². The summed E-state index contributed by atoms with van der Waals surface area (Å²) in [5.41, 5.74) is 0. The Morgan fingerprint density at radius 2 is 2.04 bits per heavy atom. The van der Waals surface area contributed by atoms with Gasteiger partial charge in [0.2, 0.25) is 5.91 Å². The molecule has 1 atom stereocenters. The molecule has 126 valence electrons. The largest absolute Gasteiger partial charge is 0.486 e. The van der Waals surface area contributed by atoms with E-state index in [4.69, 9.17) is 9.47 Å². The molecule has 23 heavy (non-hydrogen) atoms. The summed E-state index contributed by atoms with van der Waals surface area (Å²) in [4.78, 5) is 15.3. The Hall–Kier alpha value is -1.40. The predicted molar refractivity (Wildman–Crippen MR) is 91.4 cm³/mol. The average Bonchev–Trinajstić information content (AvgIpc) is 3.37. The molecule has 1 saturated carbocycles. The maximum Gasteiger partial charge on any atom is 0.230 e. The molecule has 0 bridgehead atoms. The van der Waals surface area contributed by atoms with Gasteiger partial charge in [-0.1, -0.05) is 0 Å². The molecule has 0 saturated heterocycles. The maximum atomic E-state index is 12.1. The number of benzene rings is 1. The first-order valence-electron chi connectivity index (χ1n) is 8.09. The second-order valence-electron chi connectivity index (χ2n) is 6.27. The number of rotatable bonds is 7. The van der Waals surface area contributed by atoms with Crippen LogP contribution in [0.1, 0.15) is 12.8 Å². The molecule has 1 aliphatic heterocycles. The summed E-state index contributed by atoms with van der Waals surface area (Å²) >= 11 is 1.52. The lowest BCUT2D eigenvalue weighted by Gasteiger charge is -2.24. The van der Waals surface area contributed by atoms with Gasteiger partial charge in [0, 0.05) is 17.5 Å². The smallest absolute Gasteiger partial charge is 0.230 e. The van der Waals surface area contributed by atoms with E-state index >= 15 is 0 Å². The number of nitrogens with zero attached hydrogens (tertiary/aromatic N) is 1. The first-order chi connectivity index (χ1) is 11.1. The van der Waals surface area contributed by atoms with E-state index in [-0.39, 0.29) is 5.91 Å². The van der Waals surface area contributed by atoms with Crippen molar-refractivity contribution in [3.63, 3.8) is 0 Å². The number of fused-ring (bicyclic) bond motifs is 1. The molecule has 1 N–H and O–H groups in total. The van der Waals surface area contributed by atoms with Crippen molar-refractivity contribution in [1.29, 1.82) is 0 Å². The van der Waals surface area contributed by atoms with Gasteiger partial charge in [-0.15, -0.1) is 11.8 Å². The van der Waals surface area contributed by atoms with Gasteiger partial charge in [0.25, 0.3) is 0 Å². The highest BCUT2D eigenvalue weighted by Crippen LogP contribution is 2.35. The number of amides is 1. The average molecular weight is 336 g/mol. The topological polar surface area (TPSA) is 50.8 Å². The third-order valence-electron chi connectivity index (χ3n) is 4.22. The lowest BCUT2D eigenvalue weighted by Crippen LogP contribution is -2.42. The number of hydrogen-bond donors (Lipinski definition) is 1. The zero-order valence-electron chi connectivity index (χ0n) is 13.7. The fourth-order valence-corrected chi connectivity index (χ4v) is 3.54. The van der Waals surface area contributed by atoms with Gasteiger partial charge < -0.3 is 19.7 Å². The Labute approximate surface area is 141 Å². The molecule has 1 aliphatic carbocycles. The number of likely N-dealkylation sites (N-methyl/N-ethyl adjacent to an activating group) is 1. The summed E-state index contributed by atoms with van der Waals surface area (Å²) in [6.45, 7) is 1.91. The molecule has 1 aromatic rings. The van der Waals surface area contributed by atoms with E-state index < -0.39 is 0 Å². The van der Waals surface area contributed by atoms with E-state index in [9.17, 15) is 4.79 Å². The Morgan fingerprint density at radius 3 is 2.74 bits per heavy atom. The molecule has 0 aromatic heterocycles. The van der Waals surface area contributed by atoms with Crippen molar-refractivity contribution in [1.82, 2.24) is 10.2 Å². The summed E-state index contributed by atoms with van der Waals surface area (Å²) in [5, 5.41) is 3.06. The van der Waals surface area contributed by atoms with Crippen LogP contribution < -0.4 is 14.8 Å². The van der Waals surface area contributed by atoms with Gasteiger partial charge in [0.15, 0.2) is 11.5 Å². The van der Waals surface area contributed by atoms with Gasteiger partial charge in [0.1, 0.15) is 13.2 Å². The molecule has 0 spiro atoms. The van der Waals surface area contributed by atoms with Crippen LogP contribution in [0.2, 0.25) is 0 Å². The summed E-state index contributed by atoms with van der Waals surface area (Å²) in [7, 11) is 4.16. The molecule has 2 aliphatic rings. The van der Waals surface area contributed by atoms with Crippen LogP contribution in [0, 0.1) is 5.92 Å². The minimum Gasteiger partial charge on any atom is -0.486 e. The third kappa shape index (κ3) is 4.54. The van der Waals surface area contributed by atoms with Crippen molar-refractivity contribution in [2.24, 2.45) is 5.92 Å². The SMILES string of the molecule is CN(C)C(CNC(=O)CSc1ccc2c(c1)OCCO2)C1CC1. The summed E-state index contributed by atoms with van der Waals surface area (Å²) < 4.78 is 11.1.